The van der Waals surface area contributed by atoms with Gasteiger partial charge in [-0.15, -0.1) is 0 Å². The van der Waals surface area contributed by atoms with Crippen molar-refractivity contribution in [1.82, 2.24) is 0 Å². The summed E-state index contributed by atoms with van der Waals surface area (Å²) in [6, 6.07) is 5.77. The maximum absolute atomic E-state index is 11.9. The molecule has 0 aliphatic heterocycles. The van der Waals surface area contributed by atoms with Crippen LogP contribution in [0.25, 0.3) is 0 Å². The maximum atomic E-state index is 11.9. The van der Waals surface area contributed by atoms with Crippen LogP contribution in [0.1, 0.15) is 88.9 Å². The molecular formula is C22H38O6. The molecular weight excluding hydrogens is 360 g/mol. The van der Waals surface area contributed by atoms with Gasteiger partial charge in [-0.25, -0.2) is 9.59 Å². The van der Waals surface area contributed by atoms with Crippen LogP contribution >= 0.6 is 0 Å². The number of rotatable bonds is 6. The van der Waals surface area contributed by atoms with Gasteiger partial charge in [-0.3, -0.25) is 0 Å². The van der Waals surface area contributed by atoms with Crippen LogP contribution in [0.2, 0.25) is 0 Å². The third-order valence-electron chi connectivity index (χ3n) is 2.86. The van der Waals surface area contributed by atoms with Crippen LogP contribution in [0.15, 0.2) is 24.3 Å². The zero-order valence-corrected chi connectivity index (χ0v) is 18.7. The highest BCUT2D eigenvalue weighted by Crippen LogP contribution is 2.16. The topological polar surface area (TPSA) is 93.1 Å². The Morgan fingerprint density at radius 3 is 1.11 bits per heavy atom. The number of aliphatic hydroxyl groups is 2. The highest BCUT2D eigenvalue weighted by Gasteiger charge is 2.24. The first kappa shape index (κ1) is 28.3. The van der Waals surface area contributed by atoms with E-state index in [0.29, 0.717) is 0 Å². The average Bonchev–Trinajstić information content (AvgIpc) is 2.62. The van der Waals surface area contributed by atoms with Gasteiger partial charge in [-0.2, -0.15) is 0 Å². The van der Waals surface area contributed by atoms with Crippen LogP contribution in [-0.2, 0) is 9.47 Å². The predicted octanol–water partition coefficient (Wildman–Crippen LogP) is 4.37. The quantitative estimate of drug-likeness (QED) is 0.691. The molecule has 0 radical (unpaired) electrons. The lowest BCUT2D eigenvalue weighted by Crippen LogP contribution is -2.32. The number of aliphatic hydroxyl groups excluding tert-OH is 2. The Balaban J connectivity index is 0. The van der Waals surface area contributed by atoms with E-state index in [9.17, 15) is 9.59 Å². The van der Waals surface area contributed by atoms with Gasteiger partial charge in [0.05, 0.1) is 24.3 Å². The summed E-state index contributed by atoms with van der Waals surface area (Å²) in [6.45, 7) is 14.3. The fourth-order valence-electron chi connectivity index (χ4n) is 1.43. The van der Waals surface area contributed by atoms with Crippen molar-refractivity contribution in [2.75, 3.05) is 13.2 Å². The SMILES string of the molecule is CC(C)(CO)OC(=O)c1ccc(C(=O)OC(C)(C)CO)cc1.CCC.CCC. The van der Waals surface area contributed by atoms with Crippen molar-refractivity contribution in [2.24, 2.45) is 0 Å². The van der Waals surface area contributed by atoms with Crippen LogP contribution in [0.5, 0.6) is 0 Å². The molecule has 28 heavy (non-hydrogen) atoms. The number of carbonyl (C=O) groups is 2. The molecule has 0 unspecified atom stereocenters. The van der Waals surface area contributed by atoms with Crippen molar-refractivity contribution in [2.45, 2.75) is 79.4 Å². The van der Waals surface area contributed by atoms with Crippen LogP contribution in [0.4, 0.5) is 0 Å². The van der Waals surface area contributed by atoms with E-state index in [-0.39, 0.29) is 24.3 Å². The molecule has 0 bridgehead atoms. The lowest BCUT2D eigenvalue weighted by molar-refractivity contribution is -0.0275. The van der Waals surface area contributed by atoms with Gasteiger partial charge in [-0.05, 0) is 52.0 Å². The number of ether oxygens (including phenoxy) is 2. The summed E-state index contributed by atoms with van der Waals surface area (Å²) in [5, 5.41) is 18.2. The van der Waals surface area contributed by atoms with Crippen LogP contribution < -0.4 is 0 Å². The second kappa shape index (κ2) is 14.1. The number of carbonyl (C=O) groups excluding carboxylic acids is 2. The minimum absolute atomic E-state index is 0.263. The molecule has 0 spiro atoms. The Hall–Kier alpha value is -1.92. The molecule has 162 valence electrons. The number of benzene rings is 1. The van der Waals surface area contributed by atoms with Gasteiger partial charge in [0.15, 0.2) is 0 Å². The highest BCUT2D eigenvalue weighted by molar-refractivity contribution is 5.93. The Bertz CT molecular complexity index is 510. The largest absolute Gasteiger partial charge is 0.454 e. The van der Waals surface area contributed by atoms with Crippen LogP contribution in [-0.4, -0.2) is 46.6 Å². The van der Waals surface area contributed by atoms with E-state index in [1.165, 1.54) is 37.1 Å². The van der Waals surface area contributed by atoms with Gasteiger partial charge >= 0.3 is 11.9 Å². The summed E-state index contributed by atoms with van der Waals surface area (Å²) in [6.07, 6.45) is 2.50. The predicted molar refractivity (Wildman–Crippen MR) is 112 cm³/mol. The molecule has 1 rings (SSSR count). The number of esters is 2. The molecule has 0 aliphatic rings. The monoisotopic (exact) mass is 398 g/mol. The number of hydrogen-bond acceptors (Lipinski definition) is 6. The molecule has 0 aliphatic carbocycles. The summed E-state index contributed by atoms with van der Waals surface area (Å²) in [5.74, 6) is -1.18. The average molecular weight is 399 g/mol. The van der Waals surface area contributed by atoms with E-state index in [0.717, 1.165) is 0 Å². The van der Waals surface area contributed by atoms with Crippen molar-refractivity contribution in [3.8, 4) is 0 Å². The van der Waals surface area contributed by atoms with E-state index in [4.69, 9.17) is 19.7 Å². The fourth-order valence-corrected chi connectivity index (χ4v) is 1.43. The molecule has 0 saturated heterocycles. The minimum atomic E-state index is -0.972. The second-order valence-electron chi connectivity index (χ2n) is 7.61. The van der Waals surface area contributed by atoms with Gasteiger partial charge in [0.25, 0.3) is 0 Å². The van der Waals surface area contributed by atoms with E-state index < -0.39 is 23.1 Å². The summed E-state index contributed by atoms with van der Waals surface area (Å²) in [4.78, 5) is 23.8. The van der Waals surface area contributed by atoms with Gasteiger partial charge in [0, 0.05) is 0 Å². The van der Waals surface area contributed by atoms with Crippen LogP contribution in [0, 0.1) is 0 Å². The van der Waals surface area contributed by atoms with Crippen molar-refractivity contribution in [3.05, 3.63) is 35.4 Å². The molecule has 1 aromatic carbocycles. The van der Waals surface area contributed by atoms with Gasteiger partial charge < -0.3 is 19.7 Å². The first-order valence-electron chi connectivity index (χ1n) is 9.71. The molecule has 0 amide bonds. The Morgan fingerprint density at radius 1 is 0.714 bits per heavy atom. The molecule has 0 saturated carbocycles. The van der Waals surface area contributed by atoms with Crippen molar-refractivity contribution < 1.29 is 29.3 Å². The first-order chi connectivity index (χ1) is 12.9. The van der Waals surface area contributed by atoms with Gasteiger partial charge in [0.1, 0.15) is 11.2 Å². The molecule has 0 fully saturated rings. The summed E-state index contributed by atoms with van der Waals surface area (Å²) in [7, 11) is 0. The Labute approximate surface area is 169 Å². The van der Waals surface area contributed by atoms with Crippen molar-refractivity contribution >= 4 is 11.9 Å². The number of hydrogen-bond donors (Lipinski definition) is 2. The zero-order chi connectivity index (χ0) is 22.4. The normalized spacial score (nSPS) is 10.6. The standard InChI is InChI=1S/C16H22O6.2C3H8/c1-15(2,9-17)21-13(19)11-5-7-12(8-6-11)14(20)22-16(3,4)10-18;2*1-3-2/h5-8,17-18H,9-10H2,1-4H3;2*3H2,1-2H3. The van der Waals surface area contributed by atoms with E-state index in [2.05, 4.69) is 27.7 Å². The van der Waals surface area contributed by atoms with Crippen LogP contribution in [0.3, 0.4) is 0 Å². The lowest BCUT2D eigenvalue weighted by atomic mass is 10.1. The first-order valence-corrected chi connectivity index (χ1v) is 9.71. The Kier molecular flexibility index (Phi) is 14.3. The van der Waals surface area contributed by atoms with E-state index in [1.54, 1.807) is 27.7 Å². The third kappa shape index (κ3) is 12.5. The fraction of sp³-hybridized carbons (Fsp3) is 0.636. The molecule has 0 atom stereocenters. The highest BCUT2D eigenvalue weighted by atomic mass is 16.6. The minimum Gasteiger partial charge on any atom is -0.454 e. The van der Waals surface area contributed by atoms with Crippen molar-refractivity contribution in [1.29, 1.82) is 0 Å². The zero-order valence-electron chi connectivity index (χ0n) is 18.7. The Morgan fingerprint density at radius 2 is 0.929 bits per heavy atom. The summed E-state index contributed by atoms with van der Waals surface area (Å²) < 4.78 is 10.3. The van der Waals surface area contributed by atoms with E-state index in [1.807, 2.05) is 0 Å². The summed E-state index contributed by atoms with van der Waals surface area (Å²) in [5.41, 5.74) is -1.42. The molecule has 0 aromatic heterocycles. The molecule has 1 aromatic rings. The lowest BCUT2D eigenvalue weighted by Gasteiger charge is -2.23. The van der Waals surface area contributed by atoms with Gasteiger partial charge in [-0.1, -0.05) is 40.5 Å². The molecule has 2 N–H and O–H groups in total. The van der Waals surface area contributed by atoms with E-state index >= 15 is 0 Å². The molecule has 6 nitrogen and oxygen atoms in total. The second-order valence-corrected chi connectivity index (χ2v) is 7.61. The molecule has 0 heterocycles. The third-order valence-corrected chi connectivity index (χ3v) is 2.86. The smallest absolute Gasteiger partial charge is 0.338 e. The summed E-state index contributed by atoms with van der Waals surface area (Å²) >= 11 is 0. The maximum Gasteiger partial charge on any atom is 0.338 e. The van der Waals surface area contributed by atoms with Gasteiger partial charge in [0.2, 0.25) is 0 Å². The molecule has 6 heteroatoms. The van der Waals surface area contributed by atoms with Crippen molar-refractivity contribution in [3.63, 3.8) is 0 Å².